The molecule has 0 unspecified atom stereocenters. The van der Waals surface area contributed by atoms with Crippen molar-refractivity contribution in [2.24, 2.45) is 0 Å². The molecule has 0 aliphatic carbocycles. The highest BCUT2D eigenvalue weighted by Gasteiger charge is 2.18. The lowest BCUT2D eigenvalue weighted by Gasteiger charge is -2.12. The van der Waals surface area contributed by atoms with Crippen LogP contribution in [0.1, 0.15) is 0 Å². The summed E-state index contributed by atoms with van der Waals surface area (Å²) in [5.41, 5.74) is 9.20. The molecule has 5 heteroatoms. The predicted molar refractivity (Wildman–Crippen MR) is 213 cm³/mol. The average Bonchev–Trinajstić information content (AvgIpc) is 3.87. The van der Waals surface area contributed by atoms with E-state index in [4.69, 9.17) is 14.4 Å². The summed E-state index contributed by atoms with van der Waals surface area (Å²) in [5, 5.41) is 7.27. The highest BCUT2D eigenvalue weighted by molar-refractivity contribution is 7.26. The Kier molecular flexibility index (Phi) is 6.09. The quantitative estimate of drug-likeness (QED) is 0.187. The van der Waals surface area contributed by atoms with Gasteiger partial charge >= 0.3 is 0 Å². The van der Waals surface area contributed by atoms with Crippen molar-refractivity contribution in [1.82, 2.24) is 14.5 Å². The molecule has 4 heterocycles. The topological polar surface area (TPSA) is 43.9 Å². The van der Waals surface area contributed by atoms with Crippen molar-refractivity contribution in [3.8, 4) is 39.6 Å². The minimum absolute atomic E-state index is 0.683. The molecule has 7 aromatic carbocycles. The van der Waals surface area contributed by atoms with E-state index < -0.39 is 0 Å². The molecule has 4 nitrogen and oxygen atoms in total. The van der Waals surface area contributed by atoms with Gasteiger partial charge in [-0.05, 0) is 53.6 Å². The standard InChI is InChI=1S/C46H27N3OS/c1-2-10-29(11-3-1)36-27-43(49-37-15-7-4-12-32(37)33-13-5-8-16-38(33)49)48-46(47-36)30-20-18-28(19-21-30)31-22-23-39-35(26-31)44-40(50-39)24-25-42-45(44)34-14-6-9-17-41(34)51-42/h1-27H. The van der Waals surface area contributed by atoms with Gasteiger partial charge in [0.25, 0.3) is 0 Å². The normalized spacial score (nSPS) is 11.9. The van der Waals surface area contributed by atoms with Crippen LogP contribution in [0.3, 0.4) is 0 Å². The summed E-state index contributed by atoms with van der Waals surface area (Å²) in [4.78, 5) is 10.4. The number of thiophene rings is 1. The summed E-state index contributed by atoms with van der Waals surface area (Å²) in [5.74, 6) is 1.52. The Hall–Kier alpha value is -6.56. The molecular weight excluding hydrogens is 643 g/mol. The van der Waals surface area contributed by atoms with Crippen LogP contribution >= 0.6 is 11.3 Å². The molecule has 0 saturated heterocycles. The number of benzene rings is 7. The Labute approximate surface area is 296 Å². The third-order valence-electron chi connectivity index (χ3n) is 10.0. The van der Waals surface area contributed by atoms with Crippen molar-refractivity contribution in [1.29, 1.82) is 0 Å². The lowest BCUT2D eigenvalue weighted by Crippen LogP contribution is -2.02. The molecule has 0 aliphatic heterocycles. The van der Waals surface area contributed by atoms with Crippen molar-refractivity contribution in [3.05, 3.63) is 164 Å². The lowest BCUT2D eigenvalue weighted by molar-refractivity contribution is 0.669. The van der Waals surface area contributed by atoms with Crippen LogP contribution in [-0.4, -0.2) is 14.5 Å². The smallest absolute Gasteiger partial charge is 0.162 e. The molecule has 0 bridgehead atoms. The maximum atomic E-state index is 6.38. The minimum atomic E-state index is 0.683. The van der Waals surface area contributed by atoms with E-state index in [1.54, 1.807) is 0 Å². The fourth-order valence-electron chi connectivity index (χ4n) is 7.68. The molecule has 0 aliphatic rings. The second-order valence-electron chi connectivity index (χ2n) is 13.0. The minimum Gasteiger partial charge on any atom is -0.456 e. The predicted octanol–water partition coefficient (Wildman–Crippen LogP) is 12.8. The van der Waals surface area contributed by atoms with Crippen LogP contribution in [0.2, 0.25) is 0 Å². The molecular formula is C46H27N3OS. The van der Waals surface area contributed by atoms with Crippen LogP contribution in [0.25, 0.3) is 104 Å². The molecule has 11 rings (SSSR count). The fraction of sp³-hybridized carbons (Fsp3) is 0. The average molecular weight is 670 g/mol. The van der Waals surface area contributed by atoms with Crippen LogP contribution in [-0.2, 0) is 0 Å². The number of hydrogen-bond acceptors (Lipinski definition) is 4. The van der Waals surface area contributed by atoms with Crippen molar-refractivity contribution < 1.29 is 4.42 Å². The zero-order valence-corrected chi connectivity index (χ0v) is 28.1. The van der Waals surface area contributed by atoms with Gasteiger partial charge in [0, 0.05) is 58.9 Å². The third kappa shape index (κ3) is 4.38. The van der Waals surface area contributed by atoms with E-state index in [9.17, 15) is 0 Å². The first kappa shape index (κ1) is 28.3. The van der Waals surface area contributed by atoms with Gasteiger partial charge in [0.1, 0.15) is 17.0 Å². The summed E-state index contributed by atoms with van der Waals surface area (Å²) in [7, 11) is 0. The number of aromatic nitrogens is 3. The van der Waals surface area contributed by atoms with E-state index in [0.29, 0.717) is 5.82 Å². The van der Waals surface area contributed by atoms with Crippen LogP contribution < -0.4 is 0 Å². The number of para-hydroxylation sites is 2. The van der Waals surface area contributed by atoms with Gasteiger partial charge in [-0.15, -0.1) is 11.3 Å². The summed E-state index contributed by atoms with van der Waals surface area (Å²) < 4.78 is 11.2. The Morgan fingerprint density at radius 1 is 0.431 bits per heavy atom. The molecule has 0 atom stereocenters. The SMILES string of the molecule is c1ccc(-c2cc(-n3c4ccccc4c4ccccc43)nc(-c3ccc(-c4ccc5oc6ccc7sc8ccccc8c7c6c5c4)cc3)n2)cc1. The van der Waals surface area contributed by atoms with Gasteiger partial charge in [-0.2, -0.15) is 0 Å². The number of rotatable bonds is 4. The molecule has 0 N–H and O–H groups in total. The van der Waals surface area contributed by atoms with Gasteiger partial charge < -0.3 is 4.42 Å². The molecule has 0 spiro atoms. The van der Waals surface area contributed by atoms with Gasteiger partial charge in [0.05, 0.1) is 16.7 Å². The van der Waals surface area contributed by atoms with Gasteiger partial charge in [0.2, 0.25) is 0 Å². The van der Waals surface area contributed by atoms with Gasteiger partial charge in [-0.25, -0.2) is 9.97 Å². The Morgan fingerprint density at radius 3 is 1.86 bits per heavy atom. The van der Waals surface area contributed by atoms with E-state index >= 15 is 0 Å². The summed E-state index contributed by atoms with van der Waals surface area (Å²) in [6.07, 6.45) is 0. The first-order valence-electron chi connectivity index (χ1n) is 17.1. The molecule has 51 heavy (non-hydrogen) atoms. The molecule has 0 radical (unpaired) electrons. The second-order valence-corrected chi connectivity index (χ2v) is 14.1. The molecule has 238 valence electrons. The summed E-state index contributed by atoms with van der Waals surface area (Å²) >= 11 is 1.83. The van der Waals surface area contributed by atoms with E-state index in [1.807, 2.05) is 17.4 Å². The van der Waals surface area contributed by atoms with E-state index in [-0.39, 0.29) is 0 Å². The van der Waals surface area contributed by atoms with E-state index in [0.717, 1.165) is 61.4 Å². The zero-order chi connectivity index (χ0) is 33.5. The van der Waals surface area contributed by atoms with E-state index in [1.165, 1.54) is 36.3 Å². The molecule has 0 fully saturated rings. The zero-order valence-electron chi connectivity index (χ0n) is 27.2. The maximum Gasteiger partial charge on any atom is 0.162 e. The van der Waals surface area contributed by atoms with Crippen LogP contribution in [0, 0.1) is 0 Å². The number of fused-ring (bicyclic) bond motifs is 10. The Balaban J connectivity index is 1.06. The molecule has 4 aromatic heterocycles. The Bertz CT molecular complexity index is 3080. The highest BCUT2D eigenvalue weighted by Crippen LogP contribution is 2.43. The van der Waals surface area contributed by atoms with Gasteiger partial charge in [0.15, 0.2) is 5.82 Å². The molecule has 0 amide bonds. The highest BCUT2D eigenvalue weighted by atomic mass is 32.1. The van der Waals surface area contributed by atoms with Gasteiger partial charge in [-0.1, -0.05) is 115 Å². The van der Waals surface area contributed by atoms with Crippen molar-refractivity contribution in [3.63, 3.8) is 0 Å². The van der Waals surface area contributed by atoms with Gasteiger partial charge in [-0.3, -0.25) is 4.57 Å². The Morgan fingerprint density at radius 2 is 1.08 bits per heavy atom. The van der Waals surface area contributed by atoms with Crippen LogP contribution in [0.4, 0.5) is 0 Å². The first-order valence-corrected chi connectivity index (χ1v) is 17.9. The third-order valence-corrected chi connectivity index (χ3v) is 11.2. The van der Waals surface area contributed by atoms with Crippen molar-refractivity contribution >= 4 is 75.3 Å². The molecule has 0 saturated carbocycles. The lowest BCUT2D eigenvalue weighted by atomic mass is 10.00. The fourth-order valence-corrected chi connectivity index (χ4v) is 8.79. The van der Waals surface area contributed by atoms with E-state index in [2.05, 4.69) is 162 Å². The summed E-state index contributed by atoms with van der Waals surface area (Å²) in [6, 6.07) is 57.6. The number of nitrogens with zero attached hydrogens (tertiary/aromatic N) is 3. The van der Waals surface area contributed by atoms with Crippen LogP contribution in [0.15, 0.2) is 168 Å². The van der Waals surface area contributed by atoms with Crippen molar-refractivity contribution in [2.75, 3.05) is 0 Å². The first-order chi connectivity index (χ1) is 25.3. The maximum absolute atomic E-state index is 6.38. The number of hydrogen-bond donors (Lipinski definition) is 0. The van der Waals surface area contributed by atoms with Crippen molar-refractivity contribution in [2.45, 2.75) is 0 Å². The summed E-state index contributed by atoms with van der Waals surface area (Å²) in [6.45, 7) is 0. The number of furan rings is 1. The largest absolute Gasteiger partial charge is 0.456 e. The monoisotopic (exact) mass is 669 g/mol. The van der Waals surface area contributed by atoms with Crippen LogP contribution in [0.5, 0.6) is 0 Å². The second kappa shape index (κ2) is 11.0. The molecule has 11 aromatic rings.